The number of nitrogens with zero attached hydrogens (tertiary/aromatic N) is 3. The summed E-state index contributed by atoms with van der Waals surface area (Å²) in [6, 6.07) is -0.135. The Morgan fingerprint density at radius 3 is 2.85 bits per heavy atom. The third-order valence-corrected chi connectivity index (χ3v) is 3.52. The molecule has 0 spiro atoms. The molecule has 0 aromatic carbocycles. The molecule has 0 fully saturated rings. The van der Waals surface area contributed by atoms with Crippen LogP contribution in [0.15, 0.2) is 0 Å². The highest BCUT2D eigenvalue weighted by Gasteiger charge is 2.22. The van der Waals surface area contributed by atoms with Crippen LogP contribution in [0.4, 0.5) is 0 Å². The third kappa shape index (κ3) is 3.79. The molecule has 2 heterocycles. The minimum Gasteiger partial charge on any atom is -0.346 e. The van der Waals surface area contributed by atoms with Crippen molar-refractivity contribution in [2.45, 2.75) is 71.0 Å². The van der Waals surface area contributed by atoms with Gasteiger partial charge >= 0.3 is 0 Å². The van der Waals surface area contributed by atoms with E-state index in [2.05, 4.69) is 20.1 Å². The molecule has 0 bridgehead atoms. The van der Waals surface area contributed by atoms with Gasteiger partial charge in [-0.2, -0.15) is 0 Å². The summed E-state index contributed by atoms with van der Waals surface area (Å²) in [5, 5.41) is 11.5. The smallest absolute Gasteiger partial charge is 0.222 e. The van der Waals surface area contributed by atoms with Crippen molar-refractivity contribution < 1.29 is 4.79 Å². The van der Waals surface area contributed by atoms with Crippen LogP contribution in [0.25, 0.3) is 0 Å². The Morgan fingerprint density at radius 2 is 2.15 bits per heavy atom. The number of aryl methyl sites for hydroxylation is 1. The van der Waals surface area contributed by atoms with Crippen LogP contribution in [-0.2, 0) is 17.8 Å². The lowest BCUT2D eigenvalue weighted by Gasteiger charge is -2.20. The minimum atomic E-state index is -0.494. The normalized spacial score (nSPS) is 17.2. The zero-order chi connectivity index (χ0) is 14.8. The van der Waals surface area contributed by atoms with Gasteiger partial charge in [0.25, 0.3) is 0 Å². The molecule has 0 saturated heterocycles. The molecular weight excluding hydrogens is 254 g/mol. The van der Waals surface area contributed by atoms with Crippen LogP contribution in [0, 0.1) is 0 Å². The van der Waals surface area contributed by atoms with Gasteiger partial charge in [-0.3, -0.25) is 4.79 Å². The first-order valence-corrected chi connectivity index (χ1v) is 7.37. The molecule has 1 aliphatic heterocycles. The van der Waals surface area contributed by atoms with E-state index in [-0.39, 0.29) is 11.9 Å². The fourth-order valence-corrected chi connectivity index (χ4v) is 2.60. The van der Waals surface area contributed by atoms with E-state index in [1.807, 2.05) is 20.8 Å². The second-order valence-corrected chi connectivity index (χ2v) is 6.39. The number of hydrogen-bond acceptors (Lipinski definition) is 4. The molecule has 112 valence electrons. The molecule has 1 unspecified atom stereocenters. The predicted molar refractivity (Wildman–Crippen MR) is 77.0 cm³/mol. The van der Waals surface area contributed by atoms with Crippen molar-refractivity contribution in [2.75, 3.05) is 0 Å². The minimum absolute atomic E-state index is 0.0454. The summed E-state index contributed by atoms with van der Waals surface area (Å²) >= 11 is 0. The predicted octanol–water partition coefficient (Wildman–Crippen LogP) is 1.31. The van der Waals surface area contributed by atoms with Crippen molar-refractivity contribution in [3.05, 3.63) is 11.6 Å². The first kappa shape index (κ1) is 15.0. The molecule has 1 aromatic rings. The zero-order valence-electron chi connectivity index (χ0n) is 12.6. The highest BCUT2D eigenvalue weighted by Crippen LogP contribution is 2.18. The van der Waals surface area contributed by atoms with Crippen LogP contribution in [0.2, 0.25) is 0 Å². The second-order valence-electron chi connectivity index (χ2n) is 6.39. The zero-order valence-corrected chi connectivity index (χ0v) is 12.6. The van der Waals surface area contributed by atoms with E-state index >= 15 is 0 Å². The number of fused-ring (bicyclic) bond motifs is 1. The van der Waals surface area contributed by atoms with Crippen LogP contribution in [0.1, 0.15) is 64.1 Å². The summed E-state index contributed by atoms with van der Waals surface area (Å²) in [5.41, 5.74) is 5.37. The van der Waals surface area contributed by atoms with Gasteiger partial charge in [0.1, 0.15) is 5.82 Å². The fraction of sp³-hybridized carbons (Fsp3) is 0.786. The molecule has 6 heteroatoms. The van der Waals surface area contributed by atoms with E-state index in [0.717, 1.165) is 31.0 Å². The van der Waals surface area contributed by atoms with Crippen molar-refractivity contribution in [3.63, 3.8) is 0 Å². The van der Waals surface area contributed by atoms with Gasteiger partial charge in [0.2, 0.25) is 5.91 Å². The largest absolute Gasteiger partial charge is 0.346 e. The maximum absolute atomic E-state index is 12.0. The van der Waals surface area contributed by atoms with Crippen molar-refractivity contribution in [1.29, 1.82) is 0 Å². The summed E-state index contributed by atoms with van der Waals surface area (Å²) in [6.07, 6.45) is 4.82. The second kappa shape index (κ2) is 5.91. The average molecular weight is 279 g/mol. The maximum Gasteiger partial charge on any atom is 0.222 e. The Balaban J connectivity index is 2.04. The monoisotopic (exact) mass is 279 g/mol. The molecule has 3 N–H and O–H groups in total. The topological polar surface area (TPSA) is 85.8 Å². The Kier molecular flexibility index (Phi) is 4.42. The number of nitrogens with one attached hydrogen (secondary N) is 1. The summed E-state index contributed by atoms with van der Waals surface area (Å²) in [7, 11) is 0. The number of carbonyl (C=O) groups is 1. The number of nitrogens with two attached hydrogens (primary N) is 1. The van der Waals surface area contributed by atoms with E-state index < -0.39 is 5.54 Å². The molecule has 1 atom stereocenters. The van der Waals surface area contributed by atoms with Crippen LogP contribution >= 0.6 is 0 Å². The summed E-state index contributed by atoms with van der Waals surface area (Å²) in [5.74, 6) is 1.85. The van der Waals surface area contributed by atoms with Gasteiger partial charge in [0, 0.05) is 24.9 Å². The van der Waals surface area contributed by atoms with Gasteiger partial charge in [-0.25, -0.2) is 0 Å². The highest BCUT2D eigenvalue weighted by molar-refractivity contribution is 5.77. The van der Waals surface area contributed by atoms with Crippen LogP contribution in [0.3, 0.4) is 0 Å². The molecule has 6 nitrogen and oxygen atoms in total. The van der Waals surface area contributed by atoms with Gasteiger partial charge in [-0.15, -0.1) is 10.2 Å². The lowest BCUT2D eigenvalue weighted by Crippen LogP contribution is -2.40. The van der Waals surface area contributed by atoms with E-state index in [1.54, 1.807) is 0 Å². The first-order chi connectivity index (χ1) is 9.37. The van der Waals surface area contributed by atoms with Crippen molar-refractivity contribution in [3.8, 4) is 0 Å². The number of carbonyl (C=O) groups excluding carboxylic acids is 1. The van der Waals surface area contributed by atoms with Gasteiger partial charge < -0.3 is 15.6 Å². The first-order valence-electron chi connectivity index (χ1n) is 7.37. The quantitative estimate of drug-likeness (QED) is 0.870. The molecule has 20 heavy (non-hydrogen) atoms. The SMILES string of the molecule is CC(NC(=O)CC(C)(C)N)c1nnc2n1CCCCC2. The molecule has 1 amide bonds. The van der Waals surface area contributed by atoms with Crippen molar-refractivity contribution in [2.24, 2.45) is 5.73 Å². The number of aromatic nitrogens is 3. The van der Waals surface area contributed by atoms with Crippen molar-refractivity contribution in [1.82, 2.24) is 20.1 Å². The Morgan fingerprint density at radius 1 is 1.40 bits per heavy atom. The Bertz CT molecular complexity index is 474. The third-order valence-electron chi connectivity index (χ3n) is 3.52. The lowest BCUT2D eigenvalue weighted by atomic mass is 10.0. The number of rotatable bonds is 4. The highest BCUT2D eigenvalue weighted by atomic mass is 16.1. The Labute approximate surface area is 120 Å². The molecule has 0 saturated carbocycles. The van der Waals surface area contributed by atoms with Gasteiger partial charge in [-0.1, -0.05) is 6.42 Å². The number of hydrogen-bond donors (Lipinski definition) is 2. The molecule has 2 rings (SSSR count). The fourth-order valence-electron chi connectivity index (χ4n) is 2.60. The van der Waals surface area contributed by atoms with E-state index in [9.17, 15) is 4.79 Å². The van der Waals surface area contributed by atoms with Crippen LogP contribution < -0.4 is 11.1 Å². The average Bonchev–Trinajstić information content (AvgIpc) is 2.56. The Hall–Kier alpha value is -1.43. The number of amides is 1. The van der Waals surface area contributed by atoms with Crippen LogP contribution in [-0.4, -0.2) is 26.2 Å². The molecular formula is C14H25N5O. The van der Waals surface area contributed by atoms with Crippen LogP contribution in [0.5, 0.6) is 0 Å². The maximum atomic E-state index is 12.0. The molecule has 1 aliphatic rings. The van der Waals surface area contributed by atoms with Gasteiger partial charge in [0.15, 0.2) is 5.82 Å². The summed E-state index contributed by atoms with van der Waals surface area (Å²) < 4.78 is 2.16. The van der Waals surface area contributed by atoms with Gasteiger partial charge in [-0.05, 0) is 33.6 Å². The standard InChI is InChI=1S/C14H25N5O/c1-10(16-12(20)9-14(2,3)15)13-18-17-11-7-5-4-6-8-19(11)13/h10H,4-9,15H2,1-3H3,(H,16,20). The van der Waals surface area contributed by atoms with Gasteiger partial charge in [0.05, 0.1) is 6.04 Å². The van der Waals surface area contributed by atoms with Crippen molar-refractivity contribution >= 4 is 5.91 Å². The lowest BCUT2D eigenvalue weighted by molar-refractivity contribution is -0.122. The van der Waals surface area contributed by atoms with E-state index in [4.69, 9.17) is 5.73 Å². The molecule has 0 aliphatic carbocycles. The molecule has 0 radical (unpaired) electrons. The summed E-state index contributed by atoms with van der Waals surface area (Å²) in [4.78, 5) is 12.0. The van der Waals surface area contributed by atoms with E-state index in [0.29, 0.717) is 6.42 Å². The summed E-state index contributed by atoms with van der Waals surface area (Å²) in [6.45, 7) is 6.59. The molecule has 1 aromatic heterocycles. The van der Waals surface area contributed by atoms with E-state index in [1.165, 1.54) is 12.8 Å².